The van der Waals surface area contributed by atoms with Crippen LogP contribution in [0.2, 0.25) is 10.0 Å². The van der Waals surface area contributed by atoms with Gasteiger partial charge in [0.15, 0.2) is 0 Å². The fraction of sp³-hybridized carbons (Fsp3) is 0.200. The molecule has 1 aromatic heterocycles. The van der Waals surface area contributed by atoms with Gasteiger partial charge in [0.25, 0.3) is 5.91 Å². The number of para-hydroxylation sites is 1. The lowest BCUT2D eigenvalue weighted by molar-refractivity contribution is 0.0840. The monoisotopic (exact) mass is 452 g/mol. The summed E-state index contributed by atoms with van der Waals surface area (Å²) in [6.45, 7) is -0.0532. The maximum atomic E-state index is 12.3. The van der Waals surface area contributed by atoms with Gasteiger partial charge in [0.1, 0.15) is 39.9 Å². The molecule has 1 atom stereocenters. The summed E-state index contributed by atoms with van der Waals surface area (Å²) in [6.07, 6.45) is -0.929. The first kappa shape index (κ1) is 21.4. The molecule has 0 aliphatic carbocycles. The maximum Gasteiger partial charge on any atom is 0.270 e. The van der Waals surface area contributed by atoms with E-state index in [0.29, 0.717) is 21.5 Å². The Balaban J connectivity index is 1.54. The van der Waals surface area contributed by atoms with Crippen LogP contribution in [-0.2, 0) is 0 Å². The Morgan fingerprint density at radius 3 is 2.76 bits per heavy atom. The predicted octanol–water partition coefficient (Wildman–Crippen LogP) is 4.30. The first-order valence-electron chi connectivity index (χ1n) is 8.61. The molecule has 0 radical (unpaired) electrons. The first-order valence-corrected chi connectivity index (χ1v) is 10.2. The first-order chi connectivity index (χ1) is 14.0. The Bertz CT molecular complexity index is 996. The number of aliphatic hydroxyl groups excluding tert-OH is 1. The van der Waals surface area contributed by atoms with Crippen molar-refractivity contribution in [3.63, 3.8) is 0 Å². The quantitative estimate of drug-likeness (QED) is 0.532. The zero-order valence-electron chi connectivity index (χ0n) is 15.4. The number of hydrogen-bond donors (Lipinski definition) is 2. The van der Waals surface area contributed by atoms with Gasteiger partial charge >= 0.3 is 0 Å². The number of aliphatic hydroxyl groups is 1. The number of amides is 1. The highest BCUT2D eigenvalue weighted by Gasteiger charge is 2.16. The number of thiazole rings is 1. The van der Waals surface area contributed by atoms with Gasteiger partial charge in [-0.05, 0) is 24.3 Å². The molecule has 6 nitrogen and oxygen atoms in total. The van der Waals surface area contributed by atoms with Gasteiger partial charge in [-0.15, -0.1) is 11.3 Å². The molecular weight excluding hydrogens is 435 g/mol. The molecule has 2 aromatic carbocycles. The van der Waals surface area contributed by atoms with Crippen LogP contribution in [0.25, 0.3) is 10.6 Å². The summed E-state index contributed by atoms with van der Waals surface area (Å²) < 4.78 is 10.8. The van der Waals surface area contributed by atoms with Gasteiger partial charge in [-0.3, -0.25) is 4.79 Å². The number of hydrogen-bond acceptors (Lipinski definition) is 6. The molecule has 3 rings (SSSR count). The number of halogens is 2. The Morgan fingerprint density at radius 1 is 1.21 bits per heavy atom. The topological polar surface area (TPSA) is 80.7 Å². The molecular formula is C20H18Cl2N2O4S. The number of nitrogens with zero attached hydrogens (tertiary/aromatic N) is 1. The number of methoxy groups -OCH3 is 1. The molecule has 29 heavy (non-hydrogen) atoms. The Labute approximate surface area is 182 Å². The minimum absolute atomic E-state index is 0.00145. The lowest BCUT2D eigenvalue weighted by Crippen LogP contribution is -2.35. The van der Waals surface area contributed by atoms with E-state index in [4.69, 9.17) is 32.7 Å². The third kappa shape index (κ3) is 5.39. The number of carbonyl (C=O) groups excluding carboxylic acids is 1. The zero-order valence-corrected chi connectivity index (χ0v) is 17.7. The average Bonchev–Trinajstić information content (AvgIpc) is 3.23. The van der Waals surface area contributed by atoms with Gasteiger partial charge in [-0.2, -0.15) is 0 Å². The summed E-state index contributed by atoms with van der Waals surface area (Å²) in [5.41, 5.74) is 1.08. The maximum absolute atomic E-state index is 12.3. The second-order valence-corrected chi connectivity index (χ2v) is 7.61. The zero-order chi connectivity index (χ0) is 20.8. The molecule has 9 heteroatoms. The van der Waals surface area contributed by atoms with Crippen LogP contribution >= 0.6 is 34.5 Å². The highest BCUT2D eigenvalue weighted by Crippen LogP contribution is 2.32. The van der Waals surface area contributed by atoms with Crippen molar-refractivity contribution in [1.82, 2.24) is 10.3 Å². The third-order valence-corrected chi connectivity index (χ3v) is 5.60. The second kappa shape index (κ2) is 9.93. The van der Waals surface area contributed by atoms with Crippen molar-refractivity contribution in [2.24, 2.45) is 0 Å². The van der Waals surface area contributed by atoms with E-state index in [1.54, 1.807) is 30.7 Å². The molecule has 0 bridgehead atoms. The second-order valence-electron chi connectivity index (χ2n) is 5.96. The van der Waals surface area contributed by atoms with E-state index in [0.717, 1.165) is 5.56 Å². The highest BCUT2D eigenvalue weighted by atomic mass is 35.5. The van der Waals surface area contributed by atoms with Gasteiger partial charge in [-0.25, -0.2) is 4.98 Å². The minimum atomic E-state index is -0.929. The SMILES string of the molecule is COc1ccccc1-c1nc(C(=O)NCC(O)COc2cccc(Cl)c2Cl)cs1. The van der Waals surface area contributed by atoms with Gasteiger partial charge in [0.05, 0.1) is 17.7 Å². The number of benzene rings is 2. The molecule has 1 unspecified atom stereocenters. The highest BCUT2D eigenvalue weighted by molar-refractivity contribution is 7.13. The van der Waals surface area contributed by atoms with E-state index in [1.807, 2.05) is 24.3 Å². The summed E-state index contributed by atoms with van der Waals surface area (Å²) >= 11 is 13.3. The molecule has 0 saturated heterocycles. The molecule has 0 spiro atoms. The lowest BCUT2D eigenvalue weighted by atomic mass is 10.2. The van der Waals surface area contributed by atoms with Gasteiger partial charge < -0.3 is 19.9 Å². The van der Waals surface area contributed by atoms with Crippen LogP contribution < -0.4 is 14.8 Å². The average molecular weight is 453 g/mol. The summed E-state index contributed by atoms with van der Waals surface area (Å²) in [6, 6.07) is 12.4. The summed E-state index contributed by atoms with van der Waals surface area (Å²) in [4.78, 5) is 16.7. The van der Waals surface area contributed by atoms with Crippen LogP contribution in [0.5, 0.6) is 11.5 Å². The molecule has 1 amide bonds. The molecule has 1 heterocycles. The van der Waals surface area contributed by atoms with E-state index in [-0.39, 0.29) is 29.8 Å². The Morgan fingerprint density at radius 2 is 1.97 bits per heavy atom. The van der Waals surface area contributed by atoms with Crippen LogP contribution in [0.1, 0.15) is 10.5 Å². The number of ether oxygens (including phenoxy) is 2. The van der Waals surface area contributed by atoms with Crippen molar-refractivity contribution in [1.29, 1.82) is 0 Å². The Hall–Kier alpha value is -2.32. The number of carbonyl (C=O) groups is 1. The number of aromatic nitrogens is 1. The van der Waals surface area contributed by atoms with Crippen molar-refractivity contribution in [2.45, 2.75) is 6.10 Å². The van der Waals surface area contributed by atoms with Crippen molar-refractivity contribution in [2.75, 3.05) is 20.3 Å². The van der Waals surface area contributed by atoms with Crippen molar-refractivity contribution in [3.05, 3.63) is 63.6 Å². The summed E-state index contributed by atoms with van der Waals surface area (Å²) in [5.74, 6) is 0.661. The third-order valence-electron chi connectivity index (χ3n) is 3.92. The fourth-order valence-electron chi connectivity index (χ4n) is 2.46. The van der Waals surface area contributed by atoms with Gasteiger partial charge in [0, 0.05) is 11.9 Å². The predicted molar refractivity (Wildman–Crippen MR) is 114 cm³/mol. The number of rotatable bonds is 8. The van der Waals surface area contributed by atoms with Crippen LogP contribution in [0.3, 0.4) is 0 Å². The van der Waals surface area contributed by atoms with E-state index >= 15 is 0 Å². The molecule has 0 aliphatic heterocycles. The molecule has 0 aliphatic rings. The summed E-state index contributed by atoms with van der Waals surface area (Å²) in [5, 5.41) is 15.7. The van der Waals surface area contributed by atoms with Crippen LogP contribution in [0.15, 0.2) is 47.8 Å². The molecule has 2 N–H and O–H groups in total. The lowest BCUT2D eigenvalue weighted by Gasteiger charge is -2.14. The molecule has 3 aromatic rings. The van der Waals surface area contributed by atoms with Crippen molar-refractivity contribution < 1.29 is 19.4 Å². The van der Waals surface area contributed by atoms with Crippen molar-refractivity contribution >= 4 is 40.4 Å². The van der Waals surface area contributed by atoms with E-state index in [2.05, 4.69) is 10.3 Å². The summed E-state index contributed by atoms with van der Waals surface area (Å²) in [7, 11) is 1.58. The van der Waals surface area contributed by atoms with E-state index < -0.39 is 6.10 Å². The molecule has 152 valence electrons. The van der Waals surface area contributed by atoms with Gasteiger partial charge in [0.2, 0.25) is 0 Å². The van der Waals surface area contributed by atoms with Crippen LogP contribution in [0.4, 0.5) is 0 Å². The Kier molecular flexibility index (Phi) is 7.33. The normalized spacial score (nSPS) is 11.7. The smallest absolute Gasteiger partial charge is 0.270 e. The van der Waals surface area contributed by atoms with Crippen molar-refractivity contribution in [3.8, 4) is 22.1 Å². The van der Waals surface area contributed by atoms with Crippen LogP contribution in [-0.4, -0.2) is 42.4 Å². The molecule has 0 fully saturated rings. The standard InChI is InChI=1S/C20H18Cl2N2O4S/c1-27-16-7-3-2-5-13(16)20-24-15(11-29-20)19(26)23-9-12(25)10-28-17-8-4-6-14(21)18(17)22/h2-8,11-12,25H,9-10H2,1H3,(H,23,26). The number of nitrogens with one attached hydrogen (secondary N) is 1. The molecule has 0 saturated carbocycles. The fourth-order valence-corrected chi connectivity index (χ4v) is 3.64. The van der Waals surface area contributed by atoms with E-state index in [9.17, 15) is 9.90 Å². The van der Waals surface area contributed by atoms with Gasteiger partial charge in [-0.1, -0.05) is 41.4 Å². The van der Waals surface area contributed by atoms with Crippen LogP contribution in [0, 0.1) is 0 Å². The minimum Gasteiger partial charge on any atom is -0.496 e. The van der Waals surface area contributed by atoms with E-state index in [1.165, 1.54) is 11.3 Å². The largest absolute Gasteiger partial charge is 0.496 e.